The van der Waals surface area contributed by atoms with Crippen molar-refractivity contribution in [3.8, 4) is 0 Å². The van der Waals surface area contributed by atoms with Crippen molar-refractivity contribution in [2.75, 3.05) is 6.61 Å². The highest BCUT2D eigenvalue weighted by molar-refractivity contribution is 6.74. The number of rotatable bonds is 4. The maximum absolute atomic E-state index is 10.8. The second kappa shape index (κ2) is 8.20. The molecule has 0 spiro atoms. The third kappa shape index (κ3) is 3.95. The van der Waals surface area contributed by atoms with E-state index in [0.717, 1.165) is 36.7 Å². The minimum Gasteiger partial charge on any atom is -0.417 e. The Hall–Kier alpha value is -0.123. The van der Waals surface area contributed by atoms with Crippen LogP contribution in [0.3, 0.4) is 0 Å². The summed E-state index contributed by atoms with van der Waals surface area (Å²) in [5.41, 5.74) is 2.29. The van der Waals surface area contributed by atoms with Crippen LogP contribution in [0.15, 0.2) is 11.6 Å². The lowest BCUT2D eigenvalue weighted by Gasteiger charge is -2.61. The topological polar surface area (TPSA) is 29.5 Å². The predicted molar refractivity (Wildman–Crippen MR) is 143 cm³/mol. The van der Waals surface area contributed by atoms with Crippen LogP contribution in [-0.4, -0.2) is 26.1 Å². The molecule has 4 aliphatic rings. The molecule has 0 heterocycles. The fraction of sp³-hybridized carbons (Fsp3) is 0.933. The van der Waals surface area contributed by atoms with Gasteiger partial charge in [0.05, 0.1) is 6.10 Å². The summed E-state index contributed by atoms with van der Waals surface area (Å²) >= 11 is 0. The summed E-state index contributed by atoms with van der Waals surface area (Å²) in [4.78, 5) is 0. The van der Waals surface area contributed by atoms with Crippen molar-refractivity contribution >= 4 is 8.32 Å². The zero-order chi connectivity index (χ0) is 24.6. The zero-order valence-corrected chi connectivity index (χ0v) is 24.6. The van der Waals surface area contributed by atoms with E-state index in [9.17, 15) is 5.11 Å². The Morgan fingerprint density at radius 2 is 1.70 bits per heavy atom. The van der Waals surface area contributed by atoms with Crippen LogP contribution in [0, 0.1) is 45.8 Å². The molecule has 3 heteroatoms. The average molecular weight is 475 g/mol. The summed E-state index contributed by atoms with van der Waals surface area (Å²) in [5, 5.41) is 11.1. The molecule has 0 aromatic carbocycles. The van der Waals surface area contributed by atoms with Gasteiger partial charge < -0.3 is 9.53 Å². The molecule has 0 bridgehead atoms. The first-order valence-electron chi connectivity index (χ1n) is 14.1. The zero-order valence-electron chi connectivity index (χ0n) is 23.6. The second-order valence-electron chi connectivity index (χ2n) is 15.2. The molecule has 2 nitrogen and oxygen atoms in total. The van der Waals surface area contributed by atoms with Gasteiger partial charge in [0.25, 0.3) is 0 Å². The lowest BCUT2D eigenvalue weighted by molar-refractivity contribution is -0.0794. The molecule has 0 radical (unpaired) electrons. The lowest BCUT2D eigenvalue weighted by Crippen LogP contribution is -2.54. The van der Waals surface area contributed by atoms with Crippen molar-refractivity contribution < 1.29 is 9.53 Å². The van der Waals surface area contributed by atoms with E-state index in [-0.39, 0.29) is 16.6 Å². The summed E-state index contributed by atoms with van der Waals surface area (Å²) in [6.07, 6.45) is 11.4. The van der Waals surface area contributed by atoms with Crippen LogP contribution >= 0.6 is 0 Å². The molecule has 190 valence electrons. The Bertz CT molecular complexity index is 777. The standard InChI is InChI=1S/C30H54O2Si/c1-20(19-32-33(9,10)27(2,3)4)22-12-13-23-21-11-14-25-28(5,6)26(31)16-18-30(25,8)24(21)15-17-29(22,23)7/h14,20-24,26,31H,11-13,15-19H2,1-10H3/t20-,21+,22+,23+,24+,26+,29-,30+/m1/s1. The van der Waals surface area contributed by atoms with Gasteiger partial charge in [0.15, 0.2) is 8.32 Å². The lowest BCUT2D eigenvalue weighted by atomic mass is 9.44. The number of fused-ring (bicyclic) bond motifs is 5. The summed E-state index contributed by atoms with van der Waals surface area (Å²) in [6.45, 7) is 25.1. The van der Waals surface area contributed by atoms with Gasteiger partial charge in [0, 0.05) is 12.0 Å². The first-order valence-corrected chi connectivity index (χ1v) is 17.0. The smallest absolute Gasteiger partial charge is 0.191 e. The molecular formula is C30H54O2Si. The van der Waals surface area contributed by atoms with Gasteiger partial charge in [-0.25, -0.2) is 0 Å². The molecule has 0 unspecified atom stereocenters. The Morgan fingerprint density at radius 1 is 1.03 bits per heavy atom. The van der Waals surface area contributed by atoms with Crippen molar-refractivity contribution in [1.29, 1.82) is 0 Å². The van der Waals surface area contributed by atoms with Crippen LogP contribution in [-0.2, 0) is 4.43 Å². The van der Waals surface area contributed by atoms with Gasteiger partial charge in [-0.1, -0.05) is 67.0 Å². The van der Waals surface area contributed by atoms with Crippen molar-refractivity contribution in [2.24, 2.45) is 45.8 Å². The fourth-order valence-corrected chi connectivity index (χ4v) is 10.2. The van der Waals surface area contributed by atoms with E-state index in [4.69, 9.17) is 4.43 Å². The van der Waals surface area contributed by atoms with Gasteiger partial charge in [-0.05, 0) is 103 Å². The van der Waals surface area contributed by atoms with E-state index in [0.29, 0.717) is 16.7 Å². The Kier molecular flexibility index (Phi) is 6.45. The molecule has 0 amide bonds. The number of aliphatic hydroxyl groups is 1. The van der Waals surface area contributed by atoms with Gasteiger partial charge >= 0.3 is 0 Å². The normalized spacial score (nSPS) is 43.8. The first-order chi connectivity index (χ1) is 15.1. The number of aliphatic hydroxyl groups excluding tert-OH is 1. The van der Waals surface area contributed by atoms with Crippen LogP contribution in [0.4, 0.5) is 0 Å². The minimum atomic E-state index is -1.69. The highest BCUT2D eigenvalue weighted by Gasteiger charge is 2.61. The van der Waals surface area contributed by atoms with Gasteiger partial charge in [0.2, 0.25) is 0 Å². The number of allylic oxidation sites excluding steroid dienone is 1. The largest absolute Gasteiger partial charge is 0.417 e. The maximum Gasteiger partial charge on any atom is 0.191 e. The molecule has 8 atom stereocenters. The molecule has 4 aliphatic carbocycles. The number of hydrogen-bond donors (Lipinski definition) is 1. The quantitative estimate of drug-likeness (QED) is 0.328. The summed E-state index contributed by atoms with van der Waals surface area (Å²) in [7, 11) is -1.69. The van der Waals surface area contributed by atoms with Crippen molar-refractivity contribution in [3.63, 3.8) is 0 Å². The SMILES string of the molecule is C[C@H](CO[Si](C)(C)C(C)(C)C)[C@@H]1CC[C@H]2[C@@H]3CC=C4C(C)(C)[C@@H](O)CC[C@@]4(C)[C@H]3CC[C@@]21C. The van der Waals surface area contributed by atoms with Gasteiger partial charge in [0.1, 0.15) is 0 Å². The molecule has 4 rings (SSSR count). The Morgan fingerprint density at radius 3 is 2.33 bits per heavy atom. The molecule has 0 aromatic rings. The second-order valence-corrected chi connectivity index (χ2v) is 20.0. The first kappa shape index (κ1) is 26.0. The third-order valence-electron chi connectivity index (χ3n) is 12.2. The molecule has 3 saturated carbocycles. The van der Waals surface area contributed by atoms with Gasteiger partial charge in [-0.15, -0.1) is 0 Å². The predicted octanol–water partition coefficient (Wildman–Crippen LogP) is 8.22. The summed E-state index contributed by atoms with van der Waals surface area (Å²) in [5.74, 6) is 3.96. The van der Waals surface area contributed by atoms with E-state index in [2.05, 4.69) is 74.6 Å². The van der Waals surface area contributed by atoms with Gasteiger partial charge in [-0.2, -0.15) is 0 Å². The highest BCUT2D eigenvalue weighted by Crippen LogP contribution is 2.68. The van der Waals surface area contributed by atoms with E-state index in [1.165, 1.54) is 38.5 Å². The van der Waals surface area contributed by atoms with Crippen LogP contribution < -0.4 is 0 Å². The van der Waals surface area contributed by atoms with Crippen molar-refractivity contribution in [1.82, 2.24) is 0 Å². The van der Waals surface area contributed by atoms with E-state index in [1.54, 1.807) is 5.57 Å². The fourth-order valence-electron chi connectivity index (χ4n) is 9.04. The highest BCUT2D eigenvalue weighted by atomic mass is 28.4. The Balaban J connectivity index is 1.52. The average Bonchev–Trinajstić information content (AvgIpc) is 3.06. The van der Waals surface area contributed by atoms with E-state index < -0.39 is 8.32 Å². The summed E-state index contributed by atoms with van der Waals surface area (Å²) < 4.78 is 6.72. The molecule has 1 N–H and O–H groups in total. The molecule has 33 heavy (non-hydrogen) atoms. The van der Waals surface area contributed by atoms with E-state index >= 15 is 0 Å². The molecule has 3 fully saturated rings. The molecule has 0 aromatic heterocycles. The maximum atomic E-state index is 10.8. The van der Waals surface area contributed by atoms with Crippen LogP contribution in [0.25, 0.3) is 0 Å². The third-order valence-corrected chi connectivity index (χ3v) is 16.7. The number of hydrogen-bond acceptors (Lipinski definition) is 2. The van der Waals surface area contributed by atoms with Crippen LogP contribution in [0.5, 0.6) is 0 Å². The Labute approximate surface area is 206 Å². The molecule has 0 saturated heterocycles. The minimum absolute atomic E-state index is 0.0630. The van der Waals surface area contributed by atoms with Crippen molar-refractivity contribution in [2.45, 2.75) is 125 Å². The van der Waals surface area contributed by atoms with Crippen LogP contribution in [0.1, 0.15) is 100 Å². The summed E-state index contributed by atoms with van der Waals surface area (Å²) in [6, 6.07) is 0. The van der Waals surface area contributed by atoms with Gasteiger partial charge in [-0.3, -0.25) is 0 Å². The molecular weight excluding hydrogens is 420 g/mol. The van der Waals surface area contributed by atoms with Crippen molar-refractivity contribution in [3.05, 3.63) is 11.6 Å². The van der Waals surface area contributed by atoms with E-state index in [1.807, 2.05) is 0 Å². The monoisotopic (exact) mass is 474 g/mol. The van der Waals surface area contributed by atoms with Crippen LogP contribution in [0.2, 0.25) is 18.1 Å². The molecule has 0 aliphatic heterocycles.